The normalized spacial score (nSPS) is 13.3. The lowest BCUT2D eigenvalue weighted by atomic mass is 10.1. The van der Waals surface area contributed by atoms with Gasteiger partial charge in [-0.1, -0.05) is 12.1 Å². The molecule has 3 aromatic rings. The van der Waals surface area contributed by atoms with Crippen LogP contribution in [0.4, 0.5) is 0 Å². The van der Waals surface area contributed by atoms with Crippen molar-refractivity contribution in [2.45, 2.75) is 0 Å². The maximum atomic E-state index is 12.7. The number of ketones is 1. The second kappa shape index (κ2) is 8.85. The Kier molecular flexibility index (Phi) is 5.81. The van der Waals surface area contributed by atoms with Gasteiger partial charge in [0.2, 0.25) is 5.78 Å². The molecule has 0 N–H and O–H groups in total. The van der Waals surface area contributed by atoms with Gasteiger partial charge in [0.25, 0.3) is 0 Å². The number of carbonyl (C=O) groups is 2. The average molecular weight is 432 g/mol. The molecule has 0 amide bonds. The van der Waals surface area contributed by atoms with Gasteiger partial charge in [-0.05, 0) is 54.1 Å². The minimum atomic E-state index is -0.547. The molecule has 7 heteroatoms. The summed E-state index contributed by atoms with van der Waals surface area (Å²) in [6.07, 6.45) is 1.62. The van der Waals surface area contributed by atoms with Gasteiger partial charge in [0, 0.05) is 6.07 Å². The van der Waals surface area contributed by atoms with Crippen LogP contribution in [-0.2, 0) is 0 Å². The highest BCUT2D eigenvalue weighted by Gasteiger charge is 2.28. The van der Waals surface area contributed by atoms with E-state index in [1.165, 1.54) is 20.3 Å². The monoisotopic (exact) mass is 432 g/mol. The highest BCUT2D eigenvalue weighted by molar-refractivity contribution is 6.14. The van der Waals surface area contributed by atoms with Crippen molar-refractivity contribution in [3.63, 3.8) is 0 Å². The largest absolute Gasteiger partial charge is 0.497 e. The van der Waals surface area contributed by atoms with Gasteiger partial charge in [-0.2, -0.15) is 0 Å². The molecule has 0 radical (unpaired) electrons. The molecule has 32 heavy (non-hydrogen) atoms. The number of Topliss-reactive ketones (excluding diaryl/α,β-unsaturated/α-hetero) is 1. The average Bonchev–Trinajstić information content (AvgIpc) is 3.13. The van der Waals surface area contributed by atoms with E-state index in [4.69, 9.17) is 23.7 Å². The Morgan fingerprint density at radius 3 is 2.41 bits per heavy atom. The molecule has 1 aliphatic heterocycles. The first-order valence-electron chi connectivity index (χ1n) is 9.69. The summed E-state index contributed by atoms with van der Waals surface area (Å²) in [6.45, 7) is 0. The van der Waals surface area contributed by atoms with Crippen LogP contribution in [0.15, 0.2) is 66.4 Å². The van der Waals surface area contributed by atoms with Crippen LogP contribution in [0.5, 0.6) is 28.7 Å². The molecular formula is C25H20O7. The van der Waals surface area contributed by atoms with Gasteiger partial charge in [0.05, 0.1) is 32.5 Å². The lowest BCUT2D eigenvalue weighted by Crippen LogP contribution is -2.08. The fourth-order valence-corrected chi connectivity index (χ4v) is 3.24. The number of benzene rings is 3. The Morgan fingerprint density at radius 1 is 0.844 bits per heavy atom. The molecule has 1 aliphatic rings. The van der Waals surface area contributed by atoms with Crippen molar-refractivity contribution in [3.05, 3.63) is 83.1 Å². The second-order valence-corrected chi connectivity index (χ2v) is 6.83. The second-order valence-electron chi connectivity index (χ2n) is 6.83. The number of esters is 1. The van der Waals surface area contributed by atoms with E-state index in [2.05, 4.69) is 0 Å². The third-order valence-electron chi connectivity index (χ3n) is 4.86. The van der Waals surface area contributed by atoms with Gasteiger partial charge < -0.3 is 23.7 Å². The summed E-state index contributed by atoms with van der Waals surface area (Å²) >= 11 is 0. The maximum Gasteiger partial charge on any atom is 0.343 e. The molecule has 4 rings (SSSR count). The predicted octanol–water partition coefficient (Wildman–Crippen LogP) is 4.55. The molecule has 0 atom stereocenters. The summed E-state index contributed by atoms with van der Waals surface area (Å²) in [5, 5.41) is 0. The zero-order chi connectivity index (χ0) is 22.7. The van der Waals surface area contributed by atoms with Crippen LogP contribution in [0, 0.1) is 0 Å². The molecule has 1 heterocycles. The number of methoxy groups -OCH3 is 3. The van der Waals surface area contributed by atoms with Crippen molar-refractivity contribution in [2.75, 3.05) is 21.3 Å². The number of fused-ring (bicyclic) bond motifs is 1. The van der Waals surface area contributed by atoms with Crippen molar-refractivity contribution in [1.29, 1.82) is 0 Å². The molecule has 0 saturated heterocycles. The number of ether oxygens (including phenoxy) is 5. The zero-order valence-corrected chi connectivity index (χ0v) is 17.7. The van der Waals surface area contributed by atoms with Gasteiger partial charge in [-0.25, -0.2) is 4.79 Å². The molecular weight excluding hydrogens is 412 g/mol. The summed E-state index contributed by atoms with van der Waals surface area (Å²) in [7, 11) is 4.61. The van der Waals surface area contributed by atoms with E-state index in [1.54, 1.807) is 67.8 Å². The van der Waals surface area contributed by atoms with E-state index >= 15 is 0 Å². The minimum absolute atomic E-state index is 0.156. The smallest absolute Gasteiger partial charge is 0.343 e. The van der Waals surface area contributed by atoms with E-state index in [0.717, 1.165) is 0 Å². The van der Waals surface area contributed by atoms with E-state index in [-0.39, 0.29) is 17.3 Å². The van der Waals surface area contributed by atoms with Gasteiger partial charge >= 0.3 is 5.97 Å². The molecule has 0 unspecified atom stereocenters. The van der Waals surface area contributed by atoms with E-state index in [1.807, 2.05) is 0 Å². The molecule has 0 spiro atoms. The molecule has 3 aromatic carbocycles. The van der Waals surface area contributed by atoms with Crippen LogP contribution in [0.25, 0.3) is 6.08 Å². The highest BCUT2D eigenvalue weighted by Crippen LogP contribution is 2.36. The molecule has 0 aliphatic carbocycles. The zero-order valence-electron chi connectivity index (χ0n) is 17.7. The Hall–Kier alpha value is -4.26. The molecule has 162 valence electrons. The van der Waals surface area contributed by atoms with Gasteiger partial charge in [0.1, 0.15) is 17.2 Å². The number of carbonyl (C=O) groups excluding carboxylic acids is 2. The maximum absolute atomic E-state index is 12.7. The first-order valence-corrected chi connectivity index (χ1v) is 9.69. The topological polar surface area (TPSA) is 80.3 Å². The minimum Gasteiger partial charge on any atom is -0.497 e. The van der Waals surface area contributed by atoms with Crippen LogP contribution in [0.2, 0.25) is 0 Å². The van der Waals surface area contributed by atoms with E-state index in [0.29, 0.717) is 39.7 Å². The fraction of sp³-hybridized carbons (Fsp3) is 0.120. The Morgan fingerprint density at radius 2 is 1.66 bits per heavy atom. The molecule has 0 saturated carbocycles. The van der Waals surface area contributed by atoms with Crippen molar-refractivity contribution in [3.8, 4) is 28.7 Å². The summed E-state index contributed by atoms with van der Waals surface area (Å²) < 4.78 is 26.8. The van der Waals surface area contributed by atoms with Gasteiger partial charge in [0.15, 0.2) is 17.3 Å². The van der Waals surface area contributed by atoms with Crippen LogP contribution in [0.3, 0.4) is 0 Å². The third-order valence-corrected chi connectivity index (χ3v) is 4.86. The first kappa shape index (κ1) is 21.0. The molecule has 7 nitrogen and oxygen atoms in total. The van der Waals surface area contributed by atoms with Crippen molar-refractivity contribution in [1.82, 2.24) is 0 Å². The van der Waals surface area contributed by atoms with E-state index < -0.39 is 5.97 Å². The summed E-state index contributed by atoms with van der Waals surface area (Å²) in [6, 6.07) is 16.6. The summed E-state index contributed by atoms with van der Waals surface area (Å²) in [5.41, 5.74) is 1.44. The van der Waals surface area contributed by atoms with Crippen LogP contribution < -0.4 is 23.7 Å². The fourth-order valence-electron chi connectivity index (χ4n) is 3.24. The van der Waals surface area contributed by atoms with Crippen molar-refractivity contribution >= 4 is 17.8 Å². The first-order chi connectivity index (χ1) is 15.5. The number of allylic oxidation sites excluding steroid dienone is 1. The summed E-state index contributed by atoms with van der Waals surface area (Å²) in [4.78, 5) is 25.2. The predicted molar refractivity (Wildman–Crippen MR) is 117 cm³/mol. The van der Waals surface area contributed by atoms with Crippen molar-refractivity contribution < 1.29 is 33.3 Å². The van der Waals surface area contributed by atoms with Gasteiger partial charge in [-0.3, -0.25) is 4.79 Å². The van der Waals surface area contributed by atoms with Crippen molar-refractivity contribution in [2.24, 2.45) is 0 Å². The number of hydrogen-bond acceptors (Lipinski definition) is 7. The quantitative estimate of drug-likeness (QED) is 0.321. The highest BCUT2D eigenvalue weighted by atomic mass is 16.5. The Bertz CT molecular complexity index is 1230. The van der Waals surface area contributed by atoms with Crippen LogP contribution in [-0.4, -0.2) is 33.1 Å². The SMILES string of the molecule is COc1cccc(C(=O)Oc2ccc3c(c2)O/C(=C\c2ccc(OC)c(OC)c2)C3=O)c1. The summed E-state index contributed by atoms with van der Waals surface area (Å²) in [5.74, 6) is 1.59. The molecule has 0 aromatic heterocycles. The number of rotatable bonds is 6. The molecule has 0 bridgehead atoms. The standard InChI is InChI=1S/C25H20O7/c1-28-17-6-4-5-16(13-17)25(27)31-18-8-9-19-21(14-18)32-23(24(19)26)12-15-7-10-20(29-2)22(11-15)30-3/h4-14H,1-3H3/b23-12-. The van der Waals surface area contributed by atoms with Crippen LogP contribution >= 0.6 is 0 Å². The van der Waals surface area contributed by atoms with Gasteiger partial charge in [-0.15, -0.1) is 0 Å². The van der Waals surface area contributed by atoms with E-state index in [9.17, 15) is 9.59 Å². The lowest BCUT2D eigenvalue weighted by molar-refractivity contribution is 0.0734. The number of hydrogen-bond donors (Lipinski definition) is 0. The Balaban J connectivity index is 1.54. The third kappa shape index (κ3) is 4.13. The molecule has 0 fully saturated rings. The lowest BCUT2D eigenvalue weighted by Gasteiger charge is -2.08. The Labute approximate surface area is 184 Å². The van der Waals surface area contributed by atoms with Crippen LogP contribution in [0.1, 0.15) is 26.3 Å².